The quantitative estimate of drug-likeness (QED) is 0.470. The van der Waals surface area contributed by atoms with Gasteiger partial charge in [0.2, 0.25) is 11.2 Å². The van der Waals surface area contributed by atoms with Crippen molar-refractivity contribution in [3.05, 3.63) is 57.9 Å². The molecule has 0 unspecified atom stereocenters. The highest BCUT2D eigenvalue weighted by Crippen LogP contribution is 2.39. The summed E-state index contributed by atoms with van der Waals surface area (Å²) in [5, 5.41) is 10.4. The standard InChI is InChI=1S/C24H26F3NO4/c1-4-12-28(13-5-2)14-18-19(29)11-10-17-21(30)20(15-6-8-16(31-3)9-7-15)23(24(25,26)27)32-22(17)18/h6-11,29H,4-5,12-14H2,1-3H3. The van der Waals surface area contributed by atoms with Crippen LogP contribution in [0.4, 0.5) is 13.2 Å². The van der Waals surface area contributed by atoms with E-state index in [0.29, 0.717) is 18.8 Å². The van der Waals surface area contributed by atoms with E-state index >= 15 is 0 Å². The number of hydrogen-bond donors (Lipinski definition) is 1. The van der Waals surface area contributed by atoms with Crippen LogP contribution >= 0.6 is 0 Å². The van der Waals surface area contributed by atoms with Crippen molar-refractivity contribution >= 4 is 11.0 Å². The Labute approximate surface area is 184 Å². The smallest absolute Gasteiger partial charge is 0.450 e. The third-order valence-corrected chi connectivity index (χ3v) is 5.24. The second kappa shape index (κ2) is 9.65. The van der Waals surface area contributed by atoms with E-state index in [4.69, 9.17) is 9.15 Å². The van der Waals surface area contributed by atoms with Crippen LogP contribution in [-0.2, 0) is 12.7 Å². The number of phenolic OH excluding ortho intramolecular Hbond substituents is 1. The van der Waals surface area contributed by atoms with E-state index in [1.54, 1.807) is 0 Å². The zero-order chi connectivity index (χ0) is 23.5. The molecule has 32 heavy (non-hydrogen) atoms. The third-order valence-electron chi connectivity index (χ3n) is 5.24. The molecule has 1 N–H and O–H groups in total. The van der Waals surface area contributed by atoms with Gasteiger partial charge >= 0.3 is 6.18 Å². The van der Waals surface area contributed by atoms with Gasteiger partial charge in [-0.3, -0.25) is 9.69 Å². The number of ether oxygens (including phenoxy) is 1. The van der Waals surface area contributed by atoms with Gasteiger partial charge in [-0.1, -0.05) is 26.0 Å². The lowest BCUT2D eigenvalue weighted by molar-refractivity contribution is -0.152. The molecule has 0 aliphatic heterocycles. The van der Waals surface area contributed by atoms with Gasteiger partial charge in [0.25, 0.3) is 0 Å². The van der Waals surface area contributed by atoms with Gasteiger partial charge in [0.15, 0.2) is 0 Å². The van der Waals surface area contributed by atoms with E-state index in [-0.39, 0.29) is 34.4 Å². The van der Waals surface area contributed by atoms with Crippen molar-refractivity contribution in [3.8, 4) is 22.6 Å². The monoisotopic (exact) mass is 449 g/mol. The van der Waals surface area contributed by atoms with Crippen LogP contribution in [0, 0.1) is 0 Å². The van der Waals surface area contributed by atoms with Gasteiger partial charge in [0, 0.05) is 6.54 Å². The molecule has 0 aliphatic rings. The summed E-state index contributed by atoms with van der Waals surface area (Å²) in [4.78, 5) is 15.3. The minimum atomic E-state index is -4.90. The number of aromatic hydroxyl groups is 1. The molecule has 1 heterocycles. The molecule has 0 spiro atoms. The molecular formula is C24H26F3NO4. The molecule has 0 saturated carbocycles. The number of rotatable bonds is 8. The predicted octanol–water partition coefficient (Wildman–Crippen LogP) is 5.82. The van der Waals surface area contributed by atoms with Gasteiger partial charge in [-0.15, -0.1) is 0 Å². The Kier molecular flexibility index (Phi) is 7.13. The molecule has 0 radical (unpaired) electrons. The number of phenols is 1. The van der Waals surface area contributed by atoms with Crippen LogP contribution in [0.25, 0.3) is 22.1 Å². The summed E-state index contributed by atoms with van der Waals surface area (Å²) in [6.07, 6.45) is -3.23. The molecule has 0 atom stereocenters. The molecule has 2 aromatic carbocycles. The second-order valence-corrected chi connectivity index (χ2v) is 7.58. The SMILES string of the molecule is CCCN(CCC)Cc1c(O)ccc2c(=O)c(-c3ccc(OC)cc3)c(C(F)(F)F)oc12. The Bertz CT molecular complexity index is 1130. The average Bonchev–Trinajstić information content (AvgIpc) is 2.75. The largest absolute Gasteiger partial charge is 0.507 e. The molecule has 0 saturated heterocycles. The van der Waals surface area contributed by atoms with E-state index in [9.17, 15) is 23.1 Å². The molecule has 0 amide bonds. The van der Waals surface area contributed by atoms with Crippen molar-refractivity contribution in [2.24, 2.45) is 0 Å². The van der Waals surface area contributed by atoms with Gasteiger partial charge < -0.3 is 14.3 Å². The zero-order valence-corrected chi connectivity index (χ0v) is 18.3. The summed E-state index contributed by atoms with van der Waals surface area (Å²) < 4.78 is 52.4. The summed E-state index contributed by atoms with van der Waals surface area (Å²) >= 11 is 0. The van der Waals surface area contributed by atoms with Crippen LogP contribution in [0.2, 0.25) is 0 Å². The Morgan fingerprint density at radius 1 is 1.03 bits per heavy atom. The summed E-state index contributed by atoms with van der Waals surface area (Å²) in [5.41, 5.74) is -1.36. The van der Waals surface area contributed by atoms with Gasteiger partial charge in [-0.05, 0) is 55.8 Å². The Morgan fingerprint density at radius 2 is 1.66 bits per heavy atom. The molecule has 0 bridgehead atoms. The number of hydrogen-bond acceptors (Lipinski definition) is 5. The van der Waals surface area contributed by atoms with E-state index in [1.807, 2.05) is 18.7 Å². The molecule has 1 aromatic heterocycles. The number of nitrogens with zero attached hydrogens (tertiary/aromatic N) is 1. The highest BCUT2D eigenvalue weighted by molar-refractivity contribution is 5.86. The van der Waals surface area contributed by atoms with Gasteiger partial charge in [0.05, 0.1) is 23.6 Å². The van der Waals surface area contributed by atoms with Crippen LogP contribution in [0.1, 0.15) is 38.0 Å². The molecule has 8 heteroatoms. The number of benzene rings is 2. The fraction of sp³-hybridized carbons (Fsp3) is 0.375. The fourth-order valence-electron chi connectivity index (χ4n) is 3.80. The maximum Gasteiger partial charge on any atom is 0.450 e. The normalized spacial score (nSPS) is 12.0. The van der Waals surface area contributed by atoms with E-state index in [2.05, 4.69) is 0 Å². The molecule has 5 nitrogen and oxygen atoms in total. The van der Waals surface area contributed by atoms with Crippen molar-refractivity contribution in [2.75, 3.05) is 20.2 Å². The molecule has 172 valence electrons. The van der Waals surface area contributed by atoms with Crippen LogP contribution in [0.3, 0.4) is 0 Å². The lowest BCUT2D eigenvalue weighted by Crippen LogP contribution is -2.25. The van der Waals surface area contributed by atoms with Crippen LogP contribution in [-0.4, -0.2) is 30.2 Å². The van der Waals surface area contributed by atoms with Crippen molar-refractivity contribution < 1.29 is 27.4 Å². The predicted molar refractivity (Wildman–Crippen MR) is 117 cm³/mol. The van der Waals surface area contributed by atoms with E-state index in [1.165, 1.54) is 43.5 Å². The van der Waals surface area contributed by atoms with E-state index < -0.39 is 22.9 Å². The lowest BCUT2D eigenvalue weighted by Gasteiger charge is -2.22. The van der Waals surface area contributed by atoms with Crippen molar-refractivity contribution in [2.45, 2.75) is 39.4 Å². The molecule has 3 rings (SSSR count). The highest BCUT2D eigenvalue weighted by atomic mass is 19.4. The highest BCUT2D eigenvalue weighted by Gasteiger charge is 2.39. The Hall–Kier alpha value is -3.00. The molecule has 3 aromatic rings. The molecule has 0 fully saturated rings. The Morgan fingerprint density at radius 3 is 2.19 bits per heavy atom. The van der Waals surface area contributed by atoms with Gasteiger partial charge in [-0.2, -0.15) is 13.2 Å². The van der Waals surface area contributed by atoms with Crippen LogP contribution in [0.15, 0.2) is 45.6 Å². The first kappa shape index (κ1) is 23.7. The van der Waals surface area contributed by atoms with E-state index in [0.717, 1.165) is 12.8 Å². The fourth-order valence-corrected chi connectivity index (χ4v) is 3.80. The number of alkyl halides is 3. The van der Waals surface area contributed by atoms with Crippen molar-refractivity contribution in [3.63, 3.8) is 0 Å². The van der Waals surface area contributed by atoms with Crippen LogP contribution < -0.4 is 10.2 Å². The number of fused-ring (bicyclic) bond motifs is 1. The van der Waals surface area contributed by atoms with Gasteiger partial charge in [0.1, 0.15) is 17.1 Å². The summed E-state index contributed by atoms with van der Waals surface area (Å²) in [6, 6.07) is 8.37. The number of halogens is 3. The first-order valence-electron chi connectivity index (χ1n) is 10.5. The molecular weight excluding hydrogens is 423 g/mol. The third kappa shape index (κ3) is 4.75. The Balaban J connectivity index is 2.28. The average molecular weight is 449 g/mol. The first-order chi connectivity index (χ1) is 15.2. The minimum Gasteiger partial charge on any atom is -0.507 e. The minimum absolute atomic E-state index is 0.00966. The summed E-state index contributed by atoms with van der Waals surface area (Å²) in [5.74, 6) is -1.14. The zero-order valence-electron chi connectivity index (χ0n) is 18.3. The topological polar surface area (TPSA) is 62.9 Å². The lowest BCUT2D eigenvalue weighted by atomic mass is 10.00. The maximum absolute atomic E-state index is 14.0. The van der Waals surface area contributed by atoms with Gasteiger partial charge in [-0.25, -0.2) is 0 Å². The number of methoxy groups -OCH3 is 1. The van der Waals surface area contributed by atoms with Crippen molar-refractivity contribution in [1.82, 2.24) is 4.90 Å². The first-order valence-corrected chi connectivity index (χ1v) is 10.5. The van der Waals surface area contributed by atoms with Crippen LogP contribution in [0.5, 0.6) is 11.5 Å². The summed E-state index contributed by atoms with van der Waals surface area (Å²) in [7, 11) is 1.44. The maximum atomic E-state index is 14.0. The van der Waals surface area contributed by atoms with Crippen molar-refractivity contribution in [1.29, 1.82) is 0 Å². The molecule has 0 aliphatic carbocycles. The summed E-state index contributed by atoms with van der Waals surface area (Å²) in [6.45, 7) is 5.56. The second-order valence-electron chi connectivity index (χ2n) is 7.58.